The second-order valence-electron chi connectivity index (χ2n) is 5.73. The molecule has 0 spiro atoms. The lowest BCUT2D eigenvalue weighted by atomic mass is 9.97. The lowest BCUT2D eigenvalue weighted by Crippen LogP contribution is -2.19. The van der Waals surface area contributed by atoms with E-state index < -0.39 is 0 Å². The van der Waals surface area contributed by atoms with Crippen molar-refractivity contribution in [3.05, 3.63) is 81.6 Å². The number of benzene rings is 2. The van der Waals surface area contributed by atoms with Crippen LogP contribution in [-0.2, 0) is 0 Å². The average molecular weight is 348 g/mol. The predicted octanol–water partition coefficient (Wildman–Crippen LogP) is 3.75. The molecule has 2 aromatic carbocycles. The lowest BCUT2D eigenvalue weighted by molar-refractivity contribution is 0.732. The van der Waals surface area contributed by atoms with Gasteiger partial charge in [0, 0.05) is 11.5 Å². The molecule has 0 bridgehead atoms. The smallest absolute Gasteiger partial charge is 0.265 e. The summed E-state index contributed by atoms with van der Waals surface area (Å²) in [5, 5.41) is 13.8. The first-order valence-corrected chi connectivity index (χ1v) is 8.96. The van der Waals surface area contributed by atoms with Gasteiger partial charge in [-0.25, -0.2) is 0 Å². The third kappa shape index (κ3) is 2.85. The van der Waals surface area contributed by atoms with E-state index >= 15 is 0 Å². The highest BCUT2D eigenvalue weighted by Gasteiger charge is 2.19. The lowest BCUT2D eigenvalue weighted by Gasteiger charge is -2.10. The average Bonchev–Trinajstić information content (AvgIpc) is 3.09. The summed E-state index contributed by atoms with van der Waals surface area (Å²) in [5.41, 5.74) is 2.02. The Morgan fingerprint density at radius 3 is 2.36 bits per heavy atom. The number of hydrogen-bond acceptors (Lipinski definition) is 5. The molecule has 0 aliphatic rings. The zero-order valence-electron chi connectivity index (χ0n) is 13.7. The molecule has 0 saturated heterocycles. The van der Waals surface area contributed by atoms with Crippen LogP contribution in [0.15, 0.2) is 65.5 Å². The maximum Gasteiger partial charge on any atom is 0.302 e. The monoisotopic (exact) mass is 348 g/mol. The van der Waals surface area contributed by atoms with Gasteiger partial charge in [-0.1, -0.05) is 78.9 Å². The molecule has 6 heteroatoms. The van der Waals surface area contributed by atoms with Crippen LogP contribution in [0.2, 0.25) is 0 Å². The third-order valence-corrected chi connectivity index (χ3v) is 5.17. The van der Waals surface area contributed by atoms with Gasteiger partial charge in [0.05, 0.1) is 0 Å². The second-order valence-corrected chi connectivity index (χ2v) is 6.71. The van der Waals surface area contributed by atoms with E-state index in [9.17, 15) is 4.79 Å². The van der Waals surface area contributed by atoms with Crippen LogP contribution in [-0.4, -0.2) is 19.8 Å². The Morgan fingerprint density at radius 1 is 1.00 bits per heavy atom. The van der Waals surface area contributed by atoms with Gasteiger partial charge in [-0.3, -0.25) is 4.79 Å². The molecular weight excluding hydrogens is 332 g/mol. The minimum absolute atomic E-state index is 0.146. The first-order valence-electron chi connectivity index (χ1n) is 8.14. The van der Waals surface area contributed by atoms with E-state index in [1.54, 1.807) is 0 Å². The van der Waals surface area contributed by atoms with E-state index in [1.165, 1.54) is 21.4 Å². The van der Waals surface area contributed by atoms with Crippen LogP contribution >= 0.6 is 11.3 Å². The molecule has 5 nitrogen and oxygen atoms in total. The predicted molar refractivity (Wildman–Crippen MR) is 98.9 cm³/mol. The van der Waals surface area contributed by atoms with Crippen LogP contribution in [0.4, 0.5) is 0 Å². The fraction of sp³-hybridized carbons (Fsp3) is 0.158. The molecule has 25 heavy (non-hydrogen) atoms. The molecule has 0 fully saturated rings. The molecular formula is C19H16N4OS. The quantitative estimate of drug-likeness (QED) is 0.563. The molecule has 0 aliphatic heterocycles. The molecule has 0 aliphatic carbocycles. The van der Waals surface area contributed by atoms with Crippen molar-refractivity contribution in [1.82, 2.24) is 19.8 Å². The van der Waals surface area contributed by atoms with Gasteiger partial charge in [0.2, 0.25) is 4.96 Å². The molecule has 0 amide bonds. The standard InChI is InChI=1S/C19H16N4OS/c1-2-15(13-9-5-3-6-10-13)17-22-23-18(24)16(20-21-19(23)25-17)14-11-7-4-8-12-14/h3-12,15H,2H2,1H3/t15-/m0/s1. The van der Waals surface area contributed by atoms with Crippen LogP contribution in [0.5, 0.6) is 0 Å². The Kier molecular flexibility index (Phi) is 4.11. The zero-order valence-corrected chi connectivity index (χ0v) is 14.5. The SMILES string of the molecule is CC[C@@H](c1ccccc1)c1nn2c(=O)c(-c3ccccc3)nnc2s1. The van der Waals surface area contributed by atoms with Crippen molar-refractivity contribution in [2.75, 3.05) is 0 Å². The van der Waals surface area contributed by atoms with Gasteiger partial charge in [0.1, 0.15) is 5.01 Å². The molecule has 4 rings (SSSR count). The van der Waals surface area contributed by atoms with E-state index in [1.807, 2.05) is 48.5 Å². The molecule has 4 aromatic rings. The molecule has 0 radical (unpaired) electrons. The summed E-state index contributed by atoms with van der Waals surface area (Å²) in [6.45, 7) is 2.12. The summed E-state index contributed by atoms with van der Waals surface area (Å²) in [6.07, 6.45) is 0.900. The van der Waals surface area contributed by atoms with Gasteiger partial charge in [-0.15, -0.1) is 10.2 Å². The van der Waals surface area contributed by atoms with Gasteiger partial charge >= 0.3 is 5.56 Å². The van der Waals surface area contributed by atoms with Crippen molar-refractivity contribution in [2.45, 2.75) is 19.3 Å². The first-order chi connectivity index (χ1) is 12.3. The number of rotatable bonds is 4. The molecule has 0 saturated carbocycles. The summed E-state index contributed by atoms with van der Waals surface area (Å²) >= 11 is 1.42. The van der Waals surface area contributed by atoms with Crippen molar-refractivity contribution < 1.29 is 0 Å². The van der Waals surface area contributed by atoms with Gasteiger partial charge in [0.25, 0.3) is 0 Å². The largest absolute Gasteiger partial charge is 0.302 e. The topological polar surface area (TPSA) is 60.2 Å². The fourth-order valence-electron chi connectivity index (χ4n) is 2.89. The van der Waals surface area contributed by atoms with Crippen LogP contribution in [0.25, 0.3) is 16.2 Å². The first kappa shape index (κ1) is 15.7. The zero-order chi connectivity index (χ0) is 17.2. The highest BCUT2D eigenvalue weighted by molar-refractivity contribution is 7.16. The van der Waals surface area contributed by atoms with Crippen molar-refractivity contribution in [3.8, 4) is 11.3 Å². The van der Waals surface area contributed by atoms with Crippen LogP contribution in [0.1, 0.15) is 29.8 Å². The molecule has 2 aromatic heterocycles. The second kappa shape index (κ2) is 6.57. The minimum Gasteiger partial charge on any atom is -0.265 e. The Labute approximate surface area is 148 Å². The maximum atomic E-state index is 12.8. The maximum absolute atomic E-state index is 12.8. The van der Waals surface area contributed by atoms with Crippen LogP contribution in [0, 0.1) is 0 Å². The molecule has 1 atom stereocenters. The molecule has 124 valence electrons. The number of hydrogen-bond donors (Lipinski definition) is 0. The molecule has 0 unspecified atom stereocenters. The summed E-state index contributed by atoms with van der Waals surface area (Å²) in [7, 11) is 0. The van der Waals surface area contributed by atoms with E-state index in [2.05, 4.69) is 34.4 Å². The Balaban J connectivity index is 1.83. The highest BCUT2D eigenvalue weighted by atomic mass is 32.1. The summed E-state index contributed by atoms with van der Waals surface area (Å²) in [6, 6.07) is 19.6. The van der Waals surface area contributed by atoms with Gasteiger partial charge in [0.15, 0.2) is 5.69 Å². The normalized spacial score (nSPS) is 12.4. The summed E-state index contributed by atoms with van der Waals surface area (Å²) in [4.78, 5) is 13.3. The van der Waals surface area contributed by atoms with Crippen molar-refractivity contribution in [2.24, 2.45) is 0 Å². The van der Waals surface area contributed by atoms with E-state index in [4.69, 9.17) is 0 Å². The van der Waals surface area contributed by atoms with Crippen molar-refractivity contribution >= 4 is 16.3 Å². The summed E-state index contributed by atoms with van der Waals surface area (Å²) < 4.78 is 1.38. The Bertz CT molecular complexity index is 1060. The number of fused-ring (bicyclic) bond motifs is 1. The number of aromatic nitrogens is 4. The van der Waals surface area contributed by atoms with Gasteiger partial charge < -0.3 is 0 Å². The van der Waals surface area contributed by atoms with Crippen molar-refractivity contribution in [3.63, 3.8) is 0 Å². The van der Waals surface area contributed by atoms with Gasteiger partial charge in [-0.2, -0.15) is 9.61 Å². The van der Waals surface area contributed by atoms with Crippen LogP contribution in [0.3, 0.4) is 0 Å². The molecule has 0 N–H and O–H groups in total. The number of nitrogens with zero attached hydrogens (tertiary/aromatic N) is 4. The Morgan fingerprint density at radius 2 is 1.68 bits per heavy atom. The van der Waals surface area contributed by atoms with Crippen LogP contribution < -0.4 is 5.56 Å². The van der Waals surface area contributed by atoms with E-state index in [0.717, 1.165) is 17.0 Å². The molecule has 2 heterocycles. The van der Waals surface area contributed by atoms with Gasteiger partial charge in [-0.05, 0) is 12.0 Å². The summed E-state index contributed by atoms with van der Waals surface area (Å²) in [5.74, 6) is 0.146. The Hall–Kier alpha value is -2.86. The minimum atomic E-state index is -0.235. The van der Waals surface area contributed by atoms with E-state index in [-0.39, 0.29) is 11.5 Å². The fourth-order valence-corrected chi connectivity index (χ4v) is 3.93. The van der Waals surface area contributed by atoms with Crippen molar-refractivity contribution in [1.29, 1.82) is 0 Å². The van der Waals surface area contributed by atoms with E-state index in [0.29, 0.717) is 10.7 Å². The highest BCUT2D eigenvalue weighted by Crippen LogP contribution is 2.30. The third-order valence-electron chi connectivity index (χ3n) is 4.16.